The van der Waals surface area contributed by atoms with Gasteiger partial charge in [0.1, 0.15) is 5.76 Å². The van der Waals surface area contributed by atoms with E-state index in [-0.39, 0.29) is 24.0 Å². The van der Waals surface area contributed by atoms with E-state index < -0.39 is 0 Å². The van der Waals surface area contributed by atoms with Gasteiger partial charge in [0.25, 0.3) is 0 Å². The predicted octanol–water partition coefficient (Wildman–Crippen LogP) is 4.46. The molecule has 1 aromatic heterocycles. The lowest BCUT2D eigenvalue weighted by Gasteiger charge is -2.13. The van der Waals surface area contributed by atoms with E-state index in [4.69, 9.17) is 25.7 Å². The fourth-order valence-corrected chi connectivity index (χ4v) is 3.64. The van der Waals surface area contributed by atoms with Crippen LogP contribution in [-0.2, 0) is 11.2 Å². The summed E-state index contributed by atoms with van der Waals surface area (Å²) in [6.07, 6.45) is 3.63. The van der Waals surface area contributed by atoms with Crippen LogP contribution in [0.2, 0.25) is 5.02 Å². The maximum Gasteiger partial charge on any atom is 0.191 e. The topological polar surface area (TPSA) is 58.8 Å². The van der Waals surface area contributed by atoms with Crippen LogP contribution in [0.1, 0.15) is 12.2 Å². The first kappa shape index (κ1) is 23.4. The highest BCUT2D eigenvalue weighted by Gasteiger charge is 2.15. The number of nitrogens with zero attached hydrogens (tertiary/aromatic N) is 1. The van der Waals surface area contributed by atoms with Crippen LogP contribution in [-0.4, -0.2) is 44.6 Å². The maximum atomic E-state index is 5.93. The standard InChI is InChI=1S/C20H26ClN3O2S.HI/c21-17-3-5-19(6-4-17)27-13-10-23-20(24-14-16-8-12-25-15-16)22-9-7-18-2-1-11-26-18;/h1-6,11,16H,7-10,12-15H2,(H2,22,23,24);1H. The van der Waals surface area contributed by atoms with Gasteiger partial charge in [0, 0.05) is 54.3 Å². The molecule has 1 aliphatic rings. The summed E-state index contributed by atoms with van der Waals surface area (Å²) in [6.45, 7) is 4.08. The van der Waals surface area contributed by atoms with Crippen molar-refractivity contribution in [2.45, 2.75) is 17.7 Å². The first-order valence-electron chi connectivity index (χ1n) is 9.30. The number of benzene rings is 1. The molecule has 0 spiro atoms. The molecule has 2 heterocycles. The predicted molar refractivity (Wildman–Crippen MR) is 127 cm³/mol. The zero-order chi connectivity index (χ0) is 18.7. The van der Waals surface area contributed by atoms with Crippen molar-refractivity contribution in [1.29, 1.82) is 0 Å². The SMILES string of the molecule is Clc1ccc(SCCNC(=NCC2CCOC2)NCCc2ccco2)cc1.I. The highest BCUT2D eigenvalue weighted by atomic mass is 127. The molecule has 8 heteroatoms. The monoisotopic (exact) mass is 535 g/mol. The first-order valence-corrected chi connectivity index (χ1v) is 10.7. The van der Waals surface area contributed by atoms with Crippen molar-refractivity contribution in [2.75, 3.05) is 38.6 Å². The van der Waals surface area contributed by atoms with Crippen LogP contribution in [0.5, 0.6) is 0 Å². The Bertz CT molecular complexity index is 692. The van der Waals surface area contributed by atoms with Gasteiger partial charge in [0.05, 0.1) is 12.9 Å². The molecule has 1 saturated heterocycles. The maximum absolute atomic E-state index is 5.93. The molecule has 0 aliphatic carbocycles. The highest BCUT2D eigenvalue weighted by molar-refractivity contribution is 14.0. The summed E-state index contributed by atoms with van der Waals surface area (Å²) in [5, 5.41) is 7.59. The van der Waals surface area contributed by atoms with Crippen molar-refractivity contribution in [3.63, 3.8) is 0 Å². The minimum Gasteiger partial charge on any atom is -0.469 e. The van der Waals surface area contributed by atoms with Crippen molar-refractivity contribution >= 4 is 53.3 Å². The van der Waals surface area contributed by atoms with E-state index in [0.717, 1.165) is 68.2 Å². The number of halogens is 2. The van der Waals surface area contributed by atoms with Crippen molar-refractivity contribution in [3.05, 3.63) is 53.4 Å². The molecule has 1 atom stereocenters. The largest absolute Gasteiger partial charge is 0.469 e. The van der Waals surface area contributed by atoms with Crippen LogP contribution in [0.4, 0.5) is 0 Å². The van der Waals surface area contributed by atoms with Gasteiger partial charge in [-0.25, -0.2) is 0 Å². The van der Waals surface area contributed by atoms with Crippen LogP contribution >= 0.6 is 47.3 Å². The van der Waals surface area contributed by atoms with E-state index >= 15 is 0 Å². The second-order valence-electron chi connectivity index (χ2n) is 6.40. The molecule has 28 heavy (non-hydrogen) atoms. The Hall–Kier alpha value is -0.900. The summed E-state index contributed by atoms with van der Waals surface area (Å²) in [6, 6.07) is 11.8. The number of aliphatic imine (C=N–C) groups is 1. The number of rotatable bonds is 9. The van der Waals surface area contributed by atoms with Gasteiger partial charge in [-0.15, -0.1) is 35.7 Å². The van der Waals surface area contributed by atoms with Crippen molar-refractivity contribution in [2.24, 2.45) is 10.9 Å². The van der Waals surface area contributed by atoms with Crippen molar-refractivity contribution in [1.82, 2.24) is 10.6 Å². The summed E-state index contributed by atoms with van der Waals surface area (Å²) >= 11 is 7.72. The Labute approximate surface area is 193 Å². The molecule has 0 radical (unpaired) electrons. The lowest BCUT2D eigenvalue weighted by molar-refractivity contribution is 0.187. The Balaban J connectivity index is 0.00000280. The Morgan fingerprint density at radius 3 is 2.71 bits per heavy atom. The number of nitrogens with one attached hydrogen (secondary N) is 2. The van der Waals surface area contributed by atoms with Gasteiger partial charge in [0.2, 0.25) is 0 Å². The number of ether oxygens (including phenoxy) is 1. The van der Waals surface area contributed by atoms with Crippen LogP contribution < -0.4 is 10.6 Å². The molecule has 2 N–H and O–H groups in total. The van der Waals surface area contributed by atoms with Gasteiger partial charge in [-0.3, -0.25) is 4.99 Å². The number of guanidine groups is 1. The third kappa shape index (κ3) is 8.63. The van der Waals surface area contributed by atoms with E-state index in [2.05, 4.69) is 10.6 Å². The fourth-order valence-electron chi connectivity index (χ4n) is 2.75. The molecule has 2 aromatic rings. The molecule has 3 rings (SSSR count). The molecule has 0 amide bonds. The van der Waals surface area contributed by atoms with Crippen LogP contribution in [0.25, 0.3) is 0 Å². The van der Waals surface area contributed by atoms with E-state index in [1.807, 2.05) is 36.4 Å². The van der Waals surface area contributed by atoms with E-state index in [1.54, 1.807) is 18.0 Å². The van der Waals surface area contributed by atoms with Crippen LogP contribution in [0.3, 0.4) is 0 Å². The Kier molecular flexibility index (Phi) is 11.1. The quantitative estimate of drug-likeness (QED) is 0.163. The molecule has 5 nitrogen and oxygen atoms in total. The molecular weight excluding hydrogens is 509 g/mol. The van der Waals surface area contributed by atoms with Gasteiger partial charge < -0.3 is 19.8 Å². The molecule has 0 saturated carbocycles. The summed E-state index contributed by atoms with van der Waals surface area (Å²) in [4.78, 5) is 5.95. The normalized spacial score (nSPS) is 16.6. The molecule has 0 bridgehead atoms. The summed E-state index contributed by atoms with van der Waals surface area (Å²) in [5.41, 5.74) is 0. The molecule has 1 aromatic carbocycles. The van der Waals surface area contributed by atoms with E-state index in [0.29, 0.717) is 5.92 Å². The average molecular weight is 536 g/mol. The van der Waals surface area contributed by atoms with Gasteiger partial charge in [-0.2, -0.15) is 0 Å². The van der Waals surface area contributed by atoms with Gasteiger partial charge in [0.15, 0.2) is 5.96 Å². The molecule has 154 valence electrons. The lowest BCUT2D eigenvalue weighted by Crippen LogP contribution is -2.40. The summed E-state index contributed by atoms with van der Waals surface area (Å²) in [5.74, 6) is 3.30. The Morgan fingerprint density at radius 1 is 1.18 bits per heavy atom. The molecule has 1 unspecified atom stereocenters. The van der Waals surface area contributed by atoms with E-state index in [9.17, 15) is 0 Å². The second kappa shape index (κ2) is 13.3. The number of hydrogen-bond donors (Lipinski definition) is 2. The smallest absolute Gasteiger partial charge is 0.191 e. The van der Waals surface area contributed by atoms with Crippen molar-refractivity contribution < 1.29 is 9.15 Å². The molecule has 1 aliphatic heterocycles. The van der Waals surface area contributed by atoms with Gasteiger partial charge in [-0.05, 0) is 42.8 Å². The Morgan fingerprint density at radius 2 is 2.00 bits per heavy atom. The minimum absolute atomic E-state index is 0. The third-order valence-electron chi connectivity index (χ3n) is 4.25. The zero-order valence-electron chi connectivity index (χ0n) is 15.7. The summed E-state index contributed by atoms with van der Waals surface area (Å²) in [7, 11) is 0. The number of thioether (sulfide) groups is 1. The van der Waals surface area contributed by atoms with Crippen molar-refractivity contribution in [3.8, 4) is 0 Å². The van der Waals surface area contributed by atoms with Gasteiger partial charge in [-0.1, -0.05) is 11.6 Å². The molecular formula is C20H27ClIN3O2S. The minimum atomic E-state index is 0. The van der Waals surface area contributed by atoms with E-state index in [1.165, 1.54) is 4.90 Å². The highest BCUT2D eigenvalue weighted by Crippen LogP contribution is 2.19. The van der Waals surface area contributed by atoms with Crippen LogP contribution in [0, 0.1) is 5.92 Å². The summed E-state index contributed by atoms with van der Waals surface area (Å²) < 4.78 is 10.8. The average Bonchev–Trinajstić information content (AvgIpc) is 3.38. The van der Waals surface area contributed by atoms with Gasteiger partial charge >= 0.3 is 0 Å². The number of furan rings is 1. The van der Waals surface area contributed by atoms with Crippen LogP contribution in [0.15, 0.2) is 57.0 Å². The fraction of sp³-hybridized carbons (Fsp3) is 0.450. The first-order chi connectivity index (χ1) is 13.3. The second-order valence-corrected chi connectivity index (χ2v) is 8.01. The lowest BCUT2D eigenvalue weighted by atomic mass is 10.1. The molecule has 1 fully saturated rings. The number of hydrogen-bond acceptors (Lipinski definition) is 4. The zero-order valence-corrected chi connectivity index (χ0v) is 19.6. The third-order valence-corrected chi connectivity index (χ3v) is 5.52.